The number of carbonyl (C=O) groups is 1. The summed E-state index contributed by atoms with van der Waals surface area (Å²) in [5.74, 6) is 1.13. The molecule has 0 N–H and O–H groups in total. The van der Waals surface area contributed by atoms with Crippen molar-refractivity contribution in [3.05, 3.63) is 65.2 Å². The second kappa shape index (κ2) is 7.64. The Balaban J connectivity index is 2.02. The first-order chi connectivity index (χ1) is 10.6. The van der Waals surface area contributed by atoms with Crippen LogP contribution in [0.25, 0.3) is 0 Å². The summed E-state index contributed by atoms with van der Waals surface area (Å²) in [6.45, 7) is 4.83. The fourth-order valence-corrected chi connectivity index (χ4v) is 2.31. The molecule has 0 unspecified atom stereocenters. The molecule has 0 atom stereocenters. The zero-order valence-corrected chi connectivity index (χ0v) is 13.3. The summed E-state index contributed by atoms with van der Waals surface area (Å²) in [6, 6.07) is 15.5. The third kappa shape index (κ3) is 4.62. The van der Waals surface area contributed by atoms with Crippen LogP contribution in [-0.2, 0) is 17.8 Å². The average Bonchev–Trinajstić information content (AvgIpc) is 2.52. The van der Waals surface area contributed by atoms with Gasteiger partial charge in [-0.3, -0.25) is 0 Å². The Hall–Kier alpha value is -2.29. The summed E-state index contributed by atoms with van der Waals surface area (Å²) >= 11 is 0. The van der Waals surface area contributed by atoms with Gasteiger partial charge in [0.25, 0.3) is 0 Å². The highest BCUT2D eigenvalue weighted by atomic mass is 16.5. The Labute approximate surface area is 131 Å². The predicted octanol–water partition coefficient (Wildman–Crippen LogP) is 4.25. The molecule has 2 aromatic rings. The molecule has 3 heteroatoms. The lowest BCUT2D eigenvalue weighted by atomic mass is 10.0. The van der Waals surface area contributed by atoms with E-state index in [1.54, 1.807) is 12.1 Å². The van der Waals surface area contributed by atoms with E-state index in [-0.39, 0.29) is 5.97 Å². The van der Waals surface area contributed by atoms with Gasteiger partial charge in [0.2, 0.25) is 0 Å². The lowest BCUT2D eigenvalue weighted by molar-refractivity contribution is 0.0600. The number of hydrogen-bond donors (Lipinski definition) is 0. The van der Waals surface area contributed by atoms with Crippen LogP contribution in [0.1, 0.15) is 35.3 Å². The van der Waals surface area contributed by atoms with Crippen molar-refractivity contribution in [1.82, 2.24) is 0 Å². The van der Waals surface area contributed by atoms with E-state index in [9.17, 15) is 4.79 Å². The first-order valence-corrected chi connectivity index (χ1v) is 7.47. The Bertz CT molecular complexity index is 632. The van der Waals surface area contributed by atoms with Crippen LogP contribution in [0.15, 0.2) is 48.5 Å². The highest BCUT2D eigenvalue weighted by Gasteiger charge is 2.06. The fourth-order valence-electron chi connectivity index (χ4n) is 2.31. The smallest absolute Gasteiger partial charge is 0.337 e. The van der Waals surface area contributed by atoms with Crippen LogP contribution in [0.5, 0.6) is 5.75 Å². The molecule has 0 spiro atoms. The van der Waals surface area contributed by atoms with Gasteiger partial charge >= 0.3 is 5.97 Å². The van der Waals surface area contributed by atoms with Crippen molar-refractivity contribution in [2.24, 2.45) is 5.92 Å². The van der Waals surface area contributed by atoms with Crippen LogP contribution in [0.2, 0.25) is 0 Å². The monoisotopic (exact) mass is 298 g/mol. The van der Waals surface area contributed by atoms with Gasteiger partial charge in [0.05, 0.1) is 12.7 Å². The van der Waals surface area contributed by atoms with E-state index in [2.05, 4.69) is 26.0 Å². The molecule has 2 rings (SSSR count). The highest BCUT2D eigenvalue weighted by molar-refractivity contribution is 5.89. The lowest BCUT2D eigenvalue weighted by Crippen LogP contribution is -2.03. The molecule has 2 aromatic carbocycles. The third-order valence-corrected chi connectivity index (χ3v) is 3.30. The van der Waals surface area contributed by atoms with Gasteiger partial charge in [-0.2, -0.15) is 0 Å². The zero-order valence-electron chi connectivity index (χ0n) is 13.3. The number of esters is 1. The van der Waals surface area contributed by atoms with Gasteiger partial charge in [-0.05, 0) is 47.7 Å². The summed E-state index contributed by atoms with van der Waals surface area (Å²) in [4.78, 5) is 11.5. The number of hydrogen-bond acceptors (Lipinski definition) is 3. The Morgan fingerprint density at radius 1 is 1.05 bits per heavy atom. The minimum Gasteiger partial charge on any atom is -0.489 e. The molecule has 22 heavy (non-hydrogen) atoms. The lowest BCUT2D eigenvalue weighted by Gasteiger charge is -2.10. The maximum absolute atomic E-state index is 11.5. The normalized spacial score (nSPS) is 10.5. The van der Waals surface area contributed by atoms with Gasteiger partial charge in [-0.25, -0.2) is 4.79 Å². The van der Waals surface area contributed by atoms with Crippen molar-refractivity contribution >= 4 is 5.97 Å². The van der Waals surface area contributed by atoms with E-state index in [0.717, 1.165) is 17.7 Å². The fraction of sp³-hybridized carbons (Fsp3) is 0.316. The molecule has 0 aliphatic rings. The Kier molecular flexibility index (Phi) is 5.59. The molecular weight excluding hydrogens is 276 g/mol. The van der Waals surface area contributed by atoms with Crippen molar-refractivity contribution in [3.8, 4) is 5.75 Å². The number of benzene rings is 2. The van der Waals surface area contributed by atoms with Crippen LogP contribution in [0.4, 0.5) is 0 Å². The molecule has 0 aliphatic carbocycles. The molecule has 0 bridgehead atoms. The number of carbonyl (C=O) groups excluding carboxylic acids is 1. The van der Waals surface area contributed by atoms with Gasteiger partial charge in [0, 0.05) is 0 Å². The van der Waals surface area contributed by atoms with Gasteiger partial charge in [-0.15, -0.1) is 0 Å². The SMILES string of the molecule is COC(=O)c1cccc(COc2cccc(CC(C)C)c2)c1. The van der Waals surface area contributed by atoms with Gasteiger partial charge in [0.1, 0.15) is 12.4 Å². The van der Waals surface area contributed by atoms with E-state index < -0.39 is 0 Å². The van der Waals surface area contributed by atoms with E-state index in [0.29, 0.717) is 18.1 Å². The van der Waals surface area contributed by atoms with Crippen molar-refractivity contribution in [2.75, 3.05) is 7.11 Å². The van der Waals surface area contributed by atoms with Crippen LogP contribution in [-0.4, -0.2) is 13.1 Å². The van der Waals surface area contributed by atoms with Crippen LogP contribution >= 0.6 is 0 Å². The molecule has 0 fully saturated rings. The second-order valence-corrected chi connectivity index (χ2v) is 5.73. The molecular formula is C19H22O3. The standard InChI is InChI=1S/C19H22O3/c1-14(2)10-15-6-5-9-18(12-15)22-13-16-7-4-8-17(11-16)19(20)21-3/h4-9,11-12,14H,10,13H2,1-3H3. The number of ether oxygens (including phenoxy) is 2. The van der Waals surface area contributed by atoms with Gasteiger partial charge in [0.15, 0.2) is 0 Å². The van der Waals surface area contributed by atoms with Crippen LogP contribution < -0.4 is 4.74 Å². The van der Waals surface area contributed by atoms with Crippen LogP contribution in [0, 0.1) is 5.92 Å². The van der Waals surface area contributed by atoms with E-state index in [1.165, 1.54) is 12.7 Å². The summed E-state index contributed by atoms with van der Waals surface area (Å²) in [5.41, 5.74) is 2.75. The maximum atomic E-state index is 11.5. The van der Waals surface area contributed by atoms with Crippen LogP contribution in [0.3, 0.4) is 0 Å². The average molecular weight is 298 g/mol. The molecule has 0 aliphatic heterocycles. The molecule has 0 aromatic heterocycles. The molecule has 116 valence electrons. The van der Waals surface area contributed by atoms with E-state index in [1.807, 2.05) is 24.3 Å². The first kappa shape index (κ1) is 16.1. The molecule has 0 amide bonds. The zero-order chi connectivity index (χ0) is 15.9. The van der Waals surface area contributed by atoms with Crippen molar-refractivity contribution in [3.63, 3.8) is 0 Å². The molecule has 0 saturated heterocycles. The number of methoxy groups -OCH3 is 1. The van der Waals surface area contributed by atoms with Gasteiger partial charge in [-0.1, -0.05) is 38.1 Å². The molecule has 0 saturated carbocycles. The minimum atomic E-state index is -0.333. The largest absolute Gasteiger partial charge is 0.489 e. The Morgan fingerprint density at radius 3 is 2.50 bits per heavy atom. The highest BCUT2D eigenvalue weighted by Crippen LogP contribution is 2.18. The van der Waals surface area contributed by atoms with E-state index in [4.69, 9.17) is 9.47 Å². The quantitative estimate of drug-likeness (QED) is 0.748. The van der Waals surface area contributed by atoms with Crippen molar-refractivity contribution < 1.29 is 14.3 Å². The predicted molar refractivity (Wildman–Crippen MR) is 87.1 cm³/mol. The van der Waals surface area contributed by atoms with Gasteiger partial charge < -0.3 is 9.47 Å². The first-order valence-electron chi connectivity index (χ1n) is 7.47. The molecule has 0 radical (unpaired) electrons. The summed E-state index contributed by atoms with van der Waals surface area (Å²) in [6.07, 6.45) is 1.04. The Morgan fingerprint density at radius 2 is 1.77 bits per heavy atom. The topological polar surface area (TPSA) is 35.5 Å². The summed E-state index contributed by atoms with van der Waals surface area (Å²) in [7, 11) is 1.38. The van der Waals surface area contributed by atoms with E-state index >= 15 is 0 Å². The summed E-state index contributed by atoms with van der Waals surface area (Å²) < 4.78 is 10.6. The number of rotatable bonds is 6. The van der Waals surface area contributed by atoms with Crippen molar-refractivity contribution in [2.45, 2.75) is 26.9 Å². The third-order valence-electron chi connectivity index (χ3n) is 3.30. The second-order valence-electron chi connectivity index (χ2n) is 5.73. The molecule has 0 heterocycles. The maximum Gasteiger partial charge on any atom is 0.337 e. The van der Waals surface area contributed by atoms with Crippen molar-refractivity contribution in [1.29, 1.82) is 0 Å². The molecule has 3 nitrogen and oxygen atoms in total. The summed E-state index contributed by atoms with van der Waals surface area (Å²) in [5, 5.41) is 0. The minimum absolute atomic E-state index is 0.333.